The molecule has 152 valence electrons. The molecule has 3 rings (SSSR count). The number of rotatable bonds is 7. The summed E-state index contributed by atoms with van der Waals surface area (Å²) >= 11 is 0. The first-order valence-corrected chi connectivity index (χ1v) is 10.7. The molecule has 0 aliphatic carbocycles. The third-order valence-corrected chi connectivity index (χ3v) is 5.79. The first-order chi connectivity index (χ1) is 13.7. The molecular weight excluding hydrogens is 350 g/mol. The standard InChI is InChI=1S/C23H33N3O2/c27-22(11-10-20-8-3-1-4-9-20)26-18-12-21(13-19-26)23(28)24-14-7-17-25-15-5-2-6-16-25/h1,3-4,8-11,21H,2,5-7,12-19H2,(H,24,28)/b11-10+. The smallest absolute Gasteiger partial charge is 0.246 e. The van der Waals surface area contributed by atoms with Crippen LogP contribution in [0.3, 0.4) is 0 Å². The predicted octanol–water partition coefficient (Wildman–Crippen LogP) is 2.93. The maximum absolute atomic E-state index is 12.4. The van der Waals surface area contributed by atoms with Crippen LogP contribution in [0, 0.1) is 5.92 Å². The third-order valence-electron chi connectivity index (χ3n) is 5.79. The van der Waals surface area contributed by atoms with Crippen LogP contribution < -0.4 is 5.32 Å². The van der Waals surface area contributed by atoms with E-state index in [0.29, 0.717) is 13.1 Å². The van der Waals surface area contributed by atoms with E-state index >= 15 is 0 Å². The highest BCUT2D eigenvalue weighted by molar-refractivity contribution is 5.92. The molecule has 0 aromatic heterocycles. The van der Waals surface area contributed by atoms with E-state index in [1.165, 1.54) is 32.4 Å². The van der Waals surface area contributed by atoms with E-state index in [9.17, 15) is 9.59 Å². The monoisotopic (exact) mass is 383 g/mol. The van der Waals surface area contributed by atoms with Gasteiger partial charge >= 0.3 is 0 Å². The lowest BCUT2D eigenvalue weighted by atomic mass is 9.95. The molecule has 0 spiro atoms. The van der Waals surface area contributed by atoms with Crippen molar-refractivity contribution in [2.75, 3.05) is 39.3 Å². The fourth-order valence-electron chi connectivity index (χ4n) is 4.04. The van der Waals surface area contributed by atoms with Gasteiger partial charge in [-0.3, -0.25) is 9.59 Å². The molecule has 0 atom stereocenters. The van der Waals surface area contributed by atoms with Gasteiger partial charge in [0.05, 0.1) is 0 Å². The molecule has 28 heavy (non-hydrogen) atoms. The molecule has 2 saturated heterocycles. The van der Waals surface area contributed by atoms with Crippen LogP contribution in [-0.4, -0.2) is 60.9 Å². The van der Waals surface area contributed by atoms with Crippen LogP contribution in [-0.2, 0) is 9.59 Å². The van der Waals surface area contributed by atoms with Gasteiger partial charge in [-0.1, -0.05) is 36.8 Å². The van der Waals surface area contributed by atoms with Crippen LogP contribution >= 0.6 is 0 Å². The molecule has 2 amide bonds. The van der Waals surface area contributed by atoms with E-state index in [1.807, 2.05) is 41.3 Å². The fraction of sp³-hybridized carbons (Fsp3) is 0.565. The number of nitrogens with one attached hydrogen (secondary N) is 1. The second-order valence-corrected chi connectivity index (χ2v) is 7.89. The quantitative estimate of drug-likeness (QED) is 0.582. The molecule has 1 aromatic carbocycles. The summed E-state index contributed by atoms with van der Waals surface area (Å²) in [6, 6.07) is 9.83. The van der Waals surface area contributed by atoms with Crippen LogP contribution in [0.2, 0.25) is 0 Å². The summed E-state index contributed by atoms with van der Waals surface area (Å²) in [7, 11) is 0. The Morgan fingerprint density at radius 3 is 2.43 bits per heavy atom. The van der Waals surface area contributed by atoms with Crippen LogP contribution in [0.25, 0.3) is 6.08 Å². The van der Waals surface area contributed by atoms with E-state index in [2.05, 4.69) is 10.2 Å². The van der Waals surface area contributed by atoms with Crippen molar-refractivity contribution in [2.24, 2.45) is 5.92 Å². The summed E-state index contributed by atoms with van der Waals surface area (Å²) in [4.78, 5) is 29.1. The number of hydrogen-bond acceptors (Lipinski definition) is 3. The van der Waals surface area contributed by atoms with Gasteiger partial charge in [0.2, 0.25) is 11.8 Å². The maximum atomic E-state index is 12.4. The Labute approximate surface area is 168 Å². The zero-order chi connectivity index (χ0) is 19.6. The Morgan fingerprint density at radius 2 is 1.71 bits per heavy atom. The molecule has 5 heteroatoms. The third kappa shape index (κ3) is 6.48. The van der Waals surface area contributed by atoms with Gasteiger partial charge in [-0.25, -0.2) is 0 Å². The minimum atomic E-state index is 0.0317. The van der Waals surface area contributed by atoms with Crippen molar-refractivity contribution in [1.29, 1.82) is 0 Å². The van der Waals surface area contributed by atoms with Gasteiger partial charge in [0.25, 0.3) is 0 Å². The number of likely N-dealkylation sites (tertiary alicyclic amines) is 2. The highest BCUT2D eigenvalue weighted by atomic mass is 16.2. The molecule has 0 bridgehead atoms. The SMILES string of the molecule is O=C(NCCCN1CCCCC1)C1CCN(C(=O)/C=C/c2ccccc2)CC1. The van der Waals surface area contributed by atoms with Gasteiger partial charge in [0, 0.05) is 31.6 Å². The molecule has 2 fully saturated rings. The van der Waals surface area contributed by atoms with Gasteiger partial charge < -0.3 is 15.1 Å². The van der Waals surface area contributed by atoms with E-state index < -0.39 is 0 Å². The minimum absolute atomic E-state index is 0.0317. The Kier molecular flexibility index (Phi) is 8.09. The average Bonchev–Trinajstić information content (AvgIpc) is 2.76. The largest absolute Gasteiger partial charge is 0.356 e. The lowest BCUT2D eigenvalue weighted by Crippen LogP contribution is -2.43. The maximum Gasteiger partial charge on any atom is 0.246 e. The van der Waals surface area contributed by atoms with Crippen LogP contribution in [0.5, 0.6) is 0 Å². The number of nitrogens with zero attached hydrogens (tertiary/aromatic N) is 2. The van der Waals surface area contributed by atoms with Gasteiger partial charge in [-0.15, -0.1) is 0 Å². The summed E-state index contributed by atoms with van der Waals surface area (Å²) in [6.45, 7) is 5.57. The van der Waals surface area contributed by atoms with Crippen LogP contribution in [0.1, 0.15) is 44.1 Å². The molecule has 5 nitrogen and oxygen atoms in total. The number of amides is 2. The van der Waals surface area contributed by atoms with Gasteiger partial charge in [-0.05, 0) is 63.4 Å². The van der Waals surface area contributed by atoms with Crippen molar-refractivity contribution < 1.29 is 9.59 Å². The summed E-state index contributed by atoms with van der Waals surface area (Å²) in [5.41, 5.74) is 1.02. The van der Waals surface area contributed by atoms with Crippen molar-refractivity contribution in [1.82, 2.24) is 15.1 Å². The Balaban J connectivity index is 1.32. The van der Waals surface area contributed by atoms with Crippen molar-refractivity contribution in [3.8, 4) is 0 Å². The zero-order valence-electron chi connectivity index (χ0n) is 16.8. The van der Waals surface area contributed by atoms with Crippen molar-refractivity contribution >= 4 is 17.9 Å². The molecule has 2 aliphatic heterocycles. The highest BCUT2D eigenvalue weighted by Gasteiger charge is 2.26. The molecular formula is C23H33N3O2. The van der Waals surface area contributed by atoms with Crippen LogP contribution in [0.15, 0.2) is 36.4 Å². The van der Waals surface area contributed by atoms with E-state index in [0.717, 1.165) is 37.9 Å². The second-order valence-electron chi connectivity index (χ2n) is 7.89. The summed E-state index contributed by atoms with van der Waals surface area (Å²) in [5, 5.41) is 3.10. The number of carbonyl (C=O) groups is 2. The molecule has 1 N–H and O–H groups in total. The molecule has 1 aromatic rings. The van der Waals surface area contributed by atoms with Crippen molar-refractivity contribution in [3.05, 3.63) is 42.0 Å². The number of piperidine rings is 2. The zero-order valence-corrected chi connectivity index (χ0v) is 16.8. The lowest BCUT2D eigenvalue weighted by Gasteiger charge is -2.31. The first-order valence-electron chi connectivity index (χ1n) is 10.7. The highest BCUT2D eigenvalue weighted by Crippen LogP contribution is 2.18. The summed E-state index contributed by atoms with van der Waals surface area (Å²) < 4.78 is 0. The predicted molar refractivity (Wildman–Crippen MR) is 113 cm³/mol. The lowest BCUT2D eigenvalue weighted by molar-refractivity contribution is -0.132. The first kappa shape index (κ1) is 20.6. The van der Waals surface area contributed by atoms with E-state index in [1.54, 1.807) is 6.08 Å². The fourth-order valence-corrected chi connectivity index (χ4v) is 4.04. The van der Waals surface area contributed by atoms with Gasteiger partial charge in [0.15, 0.2) is 0 Å². The Bertz CT molecular complexity index is 645. The van der Waals surface area contributed by atoms with Gasteiger partial charge in [0.1, 0.15) is 0 Å². The topological polar surface area (TPSA) is 52.7 Å². The van der Waals surface area contributed by atoms with E-state index in [-0.39, 0.29) is 17.7 Å². The minimum Gasteiger partial charge on any atom is -0.356 e. The number of benzene rings is 1. The van der Waals surface area contributed by atoms with Crippen LogP contribution in [0.4, 0.5) is 0 Å². The van der Waals surface area contributed by atoms with Gasteiger partial charge in [-0.2, -0.15) is 0 Å². The Hall–Kier alpha value is -2.14. The van der Waals surface area contributed by atoms with Crippen molar-refractivity contribution in [3.63, 3.8) is 0 Å². The molecule has 0 radical (unpaired) electrons. The molecule has 2 aliphatic rings. The molecule has 0 saturated carbocycles. The molecule has 0 unspecified atom stereocenters. The normalized spacial score (nSPS) is 19.1. The molecule has 2 heterocycles. The summed E-state index contributed by atoms with van der Waals surface area (Å²) in [5.74, 6) is 0.229. The number of carbonyl (C=O) groups excluding carboxylic acids is 2. The average molecular weight is 384 g/mol. The van der Waals surface area contributed by atoms with Crippen molar-refractivity contribution in [2.45, 2.75) is 38.5 Å². The second kappa shape index (κ2) is 11.0. The summed E-state index contributed by atoms with van der Waals surface area (Å²) in [6.07, 6.45) is 9.99. The van der Waals surface area contributed by atoms with E-state index in [4.69, 9.17) is 0 Å². The number of hydrogen-bond donors (Lipinski definition) is 1. The Morgan fingerprint density at radius 1 is 1.00 bits per heavy atom.